The molecule has 0 amide bonds. The van der Waals surface area contributed by atoms with E-state index in [9.17, 15) is 0 Å². The minimum Gasteiger partial charge on any atom is -0.298 e. The van der Waals surface area contributed by atoms with Gasteiger partial charge < -0.3 is 0 Å². The fourth-order valence-corrected chi connectivity index (χ4v) is 3.04. The molecule has 1 aliphatic rings. The van der Waals surface area contributed by atoms with E-state index in [2.05, 4.69) is 40.0 Å². The number of hydrogen-bond donors (Lipinski definition) is 0. The van der Waals surface area contributed by atoms with Gasteiger partial charge in [-0.15, -0.1) is 0 Å². The highest BCUT2D eigenvalue weighted by Gasteiger charge is 2.21. The van der Waals surface area contributed by atoms with Crippen molar-refractivity contribution < 1.29 is 0 Å². The number of aromatic nitrogens is 2. The summed E-state index contributed by atoms with van der Waals surface area (Å²) < 4.78 is 0. The Morgan fingerprint density at radius 1 is 1.30 bits per heavy atom. The molecule has 2 aromatic heterocycles. The molecule has 1 saturated heterocycles. The lowest BCUT2D eigenvalue weighted by Crippen LogP contribution is -2.33. The van der Waals surface area contributed by atoms with Crippen LogP contribution in [0.3, 0.4) is 0 Å². The quantitative estimate of drug-likeness (QED) is 0.855. The summed E-state index contributed by atoms with van der Waals surface area (Å²) in [5.41, 5.74) is 3.86. The molecule has 0 aliphatic carbocycles. The second kappa shape index (κ2) is 6.14. The SMILES string of the molecule is Cc1cc([C@H]2CCCN(Cc3cccnc3)C2)ccn1. The molecule has 20 heavy (non-hydrogen) atoms. The zero-order chi connectivity index (χ0) is 13.8. The predicted octanol–water partition coefficient (Wildman–Crippen LogP) is 3.16. The zero-order valence-corrected chi connectivity index (χ0v) is 12.0. The molecule has 3 heterocycles. The first kappa shape index (κ1) is 13.3. The minimum atomic E-state index is 0.641. The third-order valence-corrected chi connectivity index (χ3v) is 4.03. The number of nitrogens with zero attached hydrogens (tertiary/aromatic N) is 3. The Hall–Kier alpha value is -1.74. The number of aryl methyl sites for hydroxylation is 1. The number of rotatable bonds is 3. The Balaban J connectivity index is 1.67. The Morgan fingerprint density at radius 2 is 2.25 bits per heavy atom. The van der Waals surface area contributed by atoms with Crippen LogP contribution in [0.2, 0.25) is 0 Å². The van der Waals surface area contributed by atoms with Crippen molar-refractivity contribution in [3.63, 3.8) is 0 Å². The van der Waals surface area contributed by atoms with Crippen molar-refractivity contribution in [1.29, 1.82) is 0 Å². The molecule has 3 heteroatoms. The third-order valence-electron chi connectivity index (χ3n) is 4.03. The van der Waals surface area contributed by atoms with E-state index in [1.807, 2.05) is 24.7 Å². The van der Waals surface area contributed by atoms with Crippen molar-refractivity contribution in [2.24, 2.45) is 0 Å². The number of hydrogen-bond acceptors (Lipinski definition) is 3. The summed E-state index contributed by atoms with van der Waals surface area (Å²) in [6.07, 6.45) is 8.30. The zero-order valence-electron chi connectivity index (χ0n) is 12.0. The molecule has 0 unspecified atom stereocenters. The molecule has 0 saturated carbocycles. The second-order valence-corrected chi connectivity index (χ2v) is 5.67. The summed E-state index contributed by atoms with van der Waals surface area (Å²) in [7, 11) is 0. The molecular weight excluding hydrogens is 246 g/mol. The van der Waals surface area contributed by atoms with Gasteiger partial charge in [0.25, 0.3) is 0 Å². The van der Waals surface area contributed by atoms with Crippen LogP contribution in [0, 0.1) is 6.92 Å². The van der Waals surface area contributed by atoms with Crippen LogP contribution < -0.4 is 0 Å². The Morgan fingerprint density at radius 3 is 3.05 bits per heavy atom. The molecule has 2 aromatic rings. The summed E-state index contributed by atoms with van der Waals surface area (Å²) in [5, 5.41) is 0. The predicted molar refractivity (Wildman–Crippen MR) is 80.5 cm³/mol. The van der Waals surface area contributed by atoms with Crippen molar-refractivity contribution in [2.45, 2.75) is 32.2 Å². The highest BCUT2D eigenvalue weighted by Crippen LogP contribution is 2.27. The van der Waals surface area contributed by atoms with Gasteiger partial charge >= 0.3 is 0 Å². The van der Waals surface area contributed by atoms with Crippen LogP contribution in [0.4, 0.5) is 0 Å². The lowest BCUT2D eigenvalue weighted by Gasteiger charge is -2.33. The molecule has 0 radical (unpaired) electrons. The Bertz CT molecular complexity index is 553. The largest absolute Gasteiger partial charge is 0.298 e. The van der Waals surface area contributed by atoms with Gasteiger partial charge in [0, 0.05) is 37.4 Å². The number of piperidine rings is 1. The summed E-state index contributed by atoms with van der Waals surface area (Å²) in [6.45, 7) is 5.40. The van der Waals surface area contributed by atoms with Gasteiger partial charge in [-0.3, -0.25) is 14.9 Å². The van der Waals surface area contributed by atoms with Crippen LogP contribution in [0.5, 0.6) is 0 Å². The minimum absolute atomic E-state index is 0.641. The van der Waals surface area contributed by atoms with Crippen LogP contribution in [0.1, 0.15) is 35.6 Å². The first-order chi connectivity index (χ1) is 9.81. The molecule has 0 bridgehead atoms. The average molecular weight is 267 g/mol. The lowest BCUT2D eigenvalue weighted by molar-refractivity contribution is 0.200. The molecule has 0 spiro atoms. The van der Waals surface area contributed by atoms with E-state index in [1.54, 1.807) is 0 Å². The average Bonchev–Trinajstić information content (AvgIpc) is 2.49. The molecule has 1 fully saturated rings. The molecule has 0 aromatic carbocycles. The summed E-state index contributed by atoms with van der Waals surface area (Å²) in [4.78, 5) is 11.0. The molecule has 3 rings (SSSR count). The monoisotopic (exact) mass is 267 g/mol. The molecule has 104 valence electrons. The molecule has 1 aliphatic heterocycles. The smallest absolute Gasteiger partial charge is 0.0375 e. The molecule has 1 atom stereocenters. The molecule has 0 N–H and O–H groups in total. The van der Waals surface area contributed by atoms with E-state index >= 15 is 0 Å². The van der Waals surface area contributed by atoms with Gasteiger partial charge in [-0.2, -0.15) is 0 Å². The van der Waals surface area contributed by atoms with Crippen LogP contribution in [0.15, 0.2) is 42.9 Å². The standard InChI is InChI=1S/C17H21N3/c1-14-10-16(6-8-19-14)17-5-3-9-20(13-17)12-15-4-2-7-18-11-15/h2,4,6-8,10-11,17H,3,5,9,12-13H2,1H3/t17-/m0/s1. The maximum Gasteiger partial charge on any atom is 0.0375 e. The van der Waals surface area contributed by atoms with Gasteiger partial charge in [0.15, 0.2) is 0 Å². The van der Waals surface area contributed by atoms with Crippen molar-refractivity contribution in [3.05, 3.63) is 59.7 Å². The summed E-state index contributed by atoms with van der Waals surface area (Å²) in [6, 6.07) is 8.58. The summed E-state index contributed by atoms with van der Waals surface area (Å²) >= 11 is 0. The summed E-state index contributed by atoms with van der Waals surface area (Å²) in [5.74, 6) is 0.641. The van der Waals surface area contributed by atoms with E-state index < -0.39 is 0 Å². The van der Waals surface area contributed by atoms with Crippen LogP contribution in [-0.2, 0) is 6.54 Å². The van der Waals surface area contributed by atoms with E-state index in [4.69, 9.17) is 0 Å². The van der Waals surface area contributed by atoms with Crippen LogP contribution in [-0.4, -0.2) is 28.0 Å². The topological polar surface area (TPSA) is 29.0 Å². The van der Waals surface area contributed by atoms with Gasteiger partial charge in [0.05, 0.1) is 0 Å². The van der Waals surface area contributed by atoms with Gasteiger partial charge in [-0.05, 0) is 61.6 Å². The van der Waals surface area contributed by atoms with E-state index in [-0.39, 0.29) is 0 Å². The van der Waals surface area contributed by atoms with Crippen molar-refractivity contribution in [3.8, 4) is 0 Å². The highest BCUT2D eigenvalue weighted by atomic mass is 15.1. The van der Waals surface area contributed by atoms with Gasteiger partial charge in [0.2, 0.25) is 0 Å². The van der Waals surface area contributed by atoms with E-state index in [0.717, 1.165) is 18.8 Å². The lowest BCUT2D eigenvalue weighted by atomic mass is 9.90. The number of pyridine rings is 2. The first-order valence-electron chi connectivity index (χ1n) is 7.35. The van der Waals surface area contributed by atoms with E-state index in [1.165, 1.54) is 30.5 Å². The normalized spacial score (nSPS) is 19.9. The van der Waals surface area contributed by atoms with Gasteiger partial charge in [-0.25, -0.2) is 0 Å². The first-order valence-corrected chi connectivity index (χ1v) is 7.35. The Labute approximate surface area is 120 Å². The van der Waals surface area contributed by atoms with Gasteiger partial charge in [-0.1, -0.05) is 6.07 Å². The fourth-order valence-electron chi connectivity index (χ4n) is 3.04. The van der Waals surface area contributed by atoms with Crippen molar-refractivity contribution >= 4 is 0 Å². The second-order valence-electron chi connectivity index (χ2n) is 5.67. The maximum atomic E-state index is 4.30. The molecular formula is C17H21N3. The van der Waals surface area contributed by atoms with Crippen molar-refractivity contribution in [1.82, 2.24) is 14.9 Å². The third kappa shape index (κ3) is 3.23. The van der Waals surface area contributed by atoms with Crippen molar-refractivity contribution in [2.75, 3.05) is 13.1 Å². The van der Waals surface area contributed by atoms with E-state index in [0.29, 0.717) is 5.92 Å². The van der Waals surface area contributed by atoms with Crippen LogP contribution in [0.25, 0.3) is 0 Å². The number of likely N-dealkylation sites (tertiary alicyclic amines) is 1. The van der Waals surface area contributed by atoms with Gasteiger partial charge in [0.1, 0.15) is 0 Å². The van der Waals surface area contributed by atoms with Crippen LogP contribution >= 0.6 is 0 Å². The highest BCUT2D eigenvalue weighted by molar-refractivity contribution is 5.21. The Kier molecular flexibility index (Phi) is 4.07. The molecule has 3 nitrogen and oxygen atoms in total. The fraction of sp³-hybridized carbons (Fsp3) is 0.412. The maximum absolute atomic E-state index is 4.30.